The Morgan fingerprint density at radius 2 is 1.79 bits per heavy atom. The first-order valence-corrected chi connectivity index (χ1v) is 7.38. The maximum Gasteiger partial charge on any atom is 0.161 e. The Bertz CT molecular complexity index is 427. The molecule has 0 radical (unpaired) electrons. The highest BCUT2D eigenvalue weighted by Crippen LogP contribution is 2.35. The van der Waals surface area contributed by atoms with Gasteiger partial charge in [-0.25, -0.2) is 0 Å². The van der Waals surface area contributed by atoms with Gasteiger partial charge >= 0.3 is 0 Å². The average Bonchev–Trinajstić information content (AvgIpc) is 2.47. The van der Waals surface area contributed by atoms with Crippen molar-refractivity contribution in [2.24, 2.45) is 17.6 Å². The number of fused-ring (bicyclic) bond motifs is 1. The molecule has 1 aliphatic heterocycles. The minimum Gasteiger partial charge on any atom is -0.486 e. The molecule has 2 N–H and O–H groups in total. The Morgan fingerprint density at radius 1 is 1.11 bits per heavy atom. The minimum absolute atomic E-state index is 0.00620. The lowest BCUT2D eigenvalue weighted by Gasteiger charge is -2.37. The maximum absolute atomic E-state index is 6.42. The zero-order chi connectivity index (χ0) is 13.2. The van der Waals surface area contributed by atoms with Crippen molar-refractivity contribution in [1.82, 2.24) is 0 Å². The van der Waals surface area contributed by atoms with Crippen molar-refractivity contribution in [2.45, 2.75) is 44.8 Å². The summed E-state index contributed by atoms with van der Waals surface area (Å²) in [5, 5.41) is 0. The van der Waals surface area contributed by atoms with Crippen molar-refractivity contribution < 1.29 is 9.47 Å². The normalized spacial score (nSPS) is 31.8. The molecular formula is C16H23NO2. The molecule has 2 atom stereocenters. The highest BCUT2D eigenvalue weighted by molar-refractivity contribution is 5.40. The Kier molecular flexibility index (Phi) is 3.65. The fourth-order valence-electron chi connectivity index (χ4n) is 3.20. The number of ether oxygens (including phenoxy) is 2. The average molecular weight is 261 g/mol. The topological polar surface area (TPSA) is 44.5 Å². The van der Waals surface area contributed by atoms with Crippen molar-refractivity contribution >= 4 is 0 Å². The molecule has 0 bridgehead atoms. The molecule has 0 amide bonds. The molecule has 1 aliphatic carbocycles. The maximum atomic E-state index is 6.42. The lowest BCUT2D eigenvalue weighted by molar-refractivity contribution is 0.0472. The summed E-state index contributed by atoms with van der Waals surface area (Å²) in [5.74, 6) is 3.10. The molecule has 1 saturated carbocycles. The monoisotopic (exact) mass is 261 g/mol. The number of rotatable bonds is 2. The van der Waals surface area contributed by atoms with Crippen molar-refractivity contribution in [3.63, 3.8) is 0 Å². The molecule has 3 heteroatoms. The molecule has 104 valence electrons. The third-order valence-electron chi connectivity index (χ3n) is 4.56. The largest absolute Gasteiger partial charge is 0.486 e. The van der Waals surface area contributed by atoms with Crippen LogP contribution in [0.5, 0.6) is 11.5 Å². The second kappa shape index (κ2) is 5.41. The molecule has 0 saturated heterocycles. The van der Waals surface area contributed by atoms with E-state index < -0.39 is 0 Å². The lowest BCUT2D eigenvalue weighted by atomic mass is 9.78. The van der Waals surface area contributed by atoms with Crippen LogP contribution in [0.2, 0.25) is 0 Å². The van der Waals surface area contributed by atoms with Crippen molar-refractivity contribution in [3.8, 4) is 11.5 Å². The first-order valence-electron chi connectivity index (χ1n) is 7.38. The van der Waals surface area contributed by atoms with Crippen LogP contribution in [0.4, 0.5) is 0 Å². The molecule has 3 nitrogen and oxygen atoms in total. The van der Waals surface area contributed by atoms with Crippen LogP contribution in [0.1, 0.15) is 32.6 Å². The van der Waals surface area contributed by atoms with Gasteiger partial charge in [0.2, 0.25) is 0 Å². The summed E-state index contributed by atoms with van der Waals surface area (Å²) < 4.78 is 11.8. The first kappa shape index (κ1) is 12.8. The zero-order valence-corrected chi connectivity index (χ0v) is 11.5. The van der Waals surface area contributed by atoms with Gasteiger partial charge in [-0.15, -0.1) is 0 Å². The summed E-state index contributed by atoms with van der Waals surface area (Å²) in [6, 6.07) is 7.92. The van der Waals surface area contributed by atoms with Gasteiger partial charge in [0.25, 0.3) is 0 Å². The Labute approximate surface area is 115 Å². The Balaban J connectivity index is 1.64. The van der Waals surface area contributed by atoms with Gasteiger partial charge in [0.15, 0.2) is 11.5 Å². The summed E-state index contributed by atoms with van der Waals surface area (Å²) in [4.78, 5) is 0. The van der Waals surface area contributed by atoms with Crippen LogP contribution in [0.15, 0.2) is 24.3 Å². The third-order valence-corrected chi connectivity index (χ3v) is 4.56. The number of nitrogens with two attached hydrogens (primary N) is 1. The number of benzene rings is 1. The molecule has 2 aliphatic rings. The van der Waals surface area contributed by atoms with E-state index in [4.69, 9.17) is 15.2 Å². The van der Waals surface area contributed by atoms with Gasteiger partial charge in [-0.1, -0.05) is 31.9 Å². The molecular weight excluding hydrogens is 238 g/mol. The van der Waals surface area contributed by atoms with Crippen LogP contribution in [0.25, 0.3) is 0 Å². The minimum atomic E-state index is -0.00620. The molecule has 1 aromatic rings. The SMILES string of the molecule is CC1CCC(C(N)C2COc3ccccc3O2)CC1. The standard InChI is InChI=1S/C16H23NO2/c1-11-6-8-12(9-7-11)16(17)15-10-18-13-4-2-3-5-14(13)19-15/h2-5,11-12,15-16H,6-10,17H2,1H3. The van der Waals surface area contributed by atoms with E-state index in [1.807, 2.05) is 24.3 Å². The predicted molar refractivity (Wildman–Crippen MR) is 75.5 cm³/mol. The smallest absolute Gasteiger partial charge is 0.161 e. The van der Waals surface area contributed by atoms with Gasteiger partial charge in [0.05, 0.1) is 0 Å². The molecule has 1 aromatic carbocycles. The summed E-state index contributed by atoms with van der Waals surface area (Å²) in [5.41, 5.74) is 6.42. The van der Waals surface area contributed by atoms with Gasteiger partial charge < -0.3 is 15.2 Å². The number of hydrogen-bond acceptors (Lipinski definition) is 3. The quantitative estimate of drug-likeness (QED) is 0.890. The second-order valence-corrected chi connectivity index (χ2v) is 6.01. The number of para-hydroxylation sites is 2. The molecule has 3 rings (SSSR count). The summed E-state index contributed by atoms with van der Waals surface area (Å²) in [6.07, 6.45) is 5.03. The summed E-state index contributed by atoms with van der Waals surface area (Å²) in [6.45, 7) is 2.91. The summed E-state index contributed by atoms with van der Waals surface area (Å²) in [7, 11) is 0. The van der Waals surface area contributed by atoms with Crippen molar-refractivity contribution in [2.75, 3.05) is 6.61 Å². The first-order chi connectivity index (χ1) is 9.24. The van der Waals surface area contributed by atoms with Gasteiger partial charge in [-0.2, -0.15) is 0 Å². The molecule has 1 heterocycles. The van der Waals surface area contributed by atoms with E-state index in [2.05, 4.69) is 6.92 Å². The Hall–Kier alpha value is -1.22. The predicted octanol–water partition coefficient (Wildman–Crippen LogP) is 2.98. The fourth-order valence-corrected chi connectivity index (χ4v) is 3.20. The van der Waals surface area contributed by atoms with E-state index >= 15 is 0 Å². The van der Waals surface area contributed by atoms with Crippen LogP contribution < -0.4 is 15.2 Å². The highest BCUT2D eigenvalue weighted by atomic mass is 16.6. The van der Waals surface area contributed by atoms with E-state index in [9.17, 15) is 0 Å². The van der Waals surface area contributed by atoms with Crippen LogP contribution >= 0.6 is 0 Å². The van der Waals surface area contributed by atoms with E-state index in [1.165, 1.54) is 25.7 Å². The van der Waals surface area contributed by atoms with Crippen molar-refractivity contribution in [3.05, 3.63) is 24.3 Å². The van der Waals surface area contributed by atoms with E-state index in [0.717, 1.165) is 17.4 Å². The van der Waals surface area contributed by atoms with Gasteiger partial charge in [-0.3, -0.25) is 0 Å². The van der Waals surface area contributed by atoms with Crippen LogP contribution in [-0.2, 0) is 0 Å². The van der Waals surface area contributed by atoms with Crippen LogP contribution in [-0.4, -0.2) is 18.8 Å². The molecule has 2 unspecified atom stereocenters. The molecule has 0 spiro atoms. The number of hydrogen-bond donors (Lipinski definition) is 1. The lowest BCUT2D eigenvalue weighted by Crippen LogP contribution is -2.49. The molecule has 19 heavy (non-hydrogen) atoms. The summed E-state index contributed by atoms with van der Waals surface area (Å²) >= 11 is 0. The highest BCUT2D eigenvalue weighted by Gasteiger charge is 2.33. The second-order valence-electron chi connectivity index (χ2n) is 6.01. The fraction of sp³-hybridized carbons (Fsp3) is 0.625. The third kappa shape index (κ3) is 2.71. The van der Waals surface area contributed by atoms with Gasteiger partial charge in [0, 0.05) is 6.04 Å². The van der Waals surface area contributed by atoms with Gasteiger partial charge in [-0.05, 0) is 36.8 Å². The Morgan fingerprint density at radius 3 is 2.53 bits per heavy atom. The van der Waals surface area contributed by atoms with Crippen LogP contribution in [0.3, 0.4) is 0 Å². The van der Waals surface area contributed by atoms with E-state index in [-0.39, 0.29) is 12.1 Å². The van der Waals surface area contributed by atoms with E-state index in [1.54, 1.807) is 0 Å². The molecule has 0 aromatic heterocycles. The molecule has 1 fully saturated rings. The van der Waals surface area contributed by atoms with Gasteiger partial charge in [0.1, 0.15) is 12.7 Å². The zero-order valence-electron chi connectivity index (χ0n) is 11.5. The van der Waals surface area contributed by atoms with Crippen molar-refractivity contribution in [1.29, 1.82) is 0 Å². The van der Waals surface area contributed by atoms with E-state index in [0.29, 0.717) is 12.5 Å². The van der Waals surface area contributed by atoms with Crippen LogP contribution in [0, 0.1) is 11.8 Å².